The number of hydrogen-bond donors (Lipinski definition) is 1. The second kappa shape index (κ2) is 5.98. The molecule has 1 amide bonds. The predicted octanol–water partition coefficient (Wildman–Crippen LogP) is 3.37. The Kier molecular flexibility index (Phi) is 3.88. The maximum absolute atomic E-state index is 12.0. The molecule has 0 aliphatic heterocycles. The summed E-state index contributed by atoms with van der Waals surface area (Å²) in [5.41, 5.74) is 0.910. The van der Waals surface area contributed by atoms with Crippen molar-refractivity contribution in [2.45, 2.75) is 6.92 Å². The third-order valence-corrected chi connectivity index (χ3v) is 3.83. The van der Waals surface area contributed by atoms with Gasteiger partial charge in [0.1, 0.15) is 16.5 Å². The van der Waals surface area contributed by atoms with E-state index in [0.29, 0.717) is 15.9 Å². The van der Waals surface area contributed by atoms with Crippen LogP contribution in [0.15, 0.2) is 40.8 Å². The van der Waals surface area contributed by atoms with E-state index in [1.165, 1.54) is 11.3 Å². The smallest absolute Gasteiger partial charge is 0.293 e. The van der Waals surface area contributed by atoms with Crippen molar-refractivity contribution in [3.8, 4) is 16.3 Å². The minimum atomic E-state index is -0.342. The van der Waals surface area contributed by atoms with Crippen LogP contribution in [0.1, 0.15) is 16.3 Å². The van der Waals surface area contributed by atoms with E-state index in [2.05, 4.69) is 15.5 Å². The van der Waals surface area contributed by atoms with Crippen molar-refractivity contribution in [1.82, 2.24) is 10.2 Å². The zero-order valence-electron chi connectivity index (χ0n) is 12.0. The summed E-state index contributed by atoms with van der Waals surface area (Å²) < 4.78 is 10.4. The van der Waals surface area contributed by atoms with Gasteiger partial charge in [0.05, 0.1) is 7.11 Å². The largest absolute Gasteiger partial charge is 0.497 e. The first kappa shape index (κ1) is 14.3. The Labute approximate surface area is 130 Å². The van der Waals surface area contributed by atoms with Crippen molar-refractivity contribution in [3.05, 3.63) is 47.9 Å². The van der Waals surface area contributed by atoms with E-state index < -0.39 is 0 Å². The summed E-state index contributed by atoms with van der Waals surface area (Å²) in [7, 11) is 1.62. The number of aromatic nitrogens is 2. The number of nitrogens with zero attached hydrogens (tertiary/aromatic N) is 2. The molecule has 0 radical (unpaired) electrons. The number of amides is 1. The molecule has 0 aliphatic rings. The van der Waals surface area contributed by atoms with Crippen molar-refractivity contribution in [2.24, 2.45) is 0 Å². The van der Waals surface area contributed by atoms with E-state index in [-0.39, 0.29) is 11.7 Å². The van der Waals surface area contributed by atoms with Gasteiger partial charge in [-0.3, -0.25) is 10.1 Å². The molecule has 7 heteroatoms. The summed E-state index contributed by atoms with van der Waals surface area (Å²) in [5.74, 6) is 1.36. The first-order valence-corrected chi connectivity index (χ1v) is 7.33. The van der Waals surface area contributed by atoms with Gasteiger partial charge in [-0.15, -0.1) is 10.2 Å². The number of furan rings is 1. The van der Waals surface area contributed by atoms with E-state index >= 15 is 0 Å². The zero-order chi connectivity index (χ0) is 15.5. The summed E-state index contributed by atoms with van der Waals surface area (Å²) in [4.78, 5) is 12.0. The summed E-state index contributed by atoms with van der Waals surface area (Å²) in [6.07, 6.45) is 0. The summed E-state index contributed by atoms with van der Waals surface area (Å²) >= 11 is 1.29. The van der Waals surface area contributed by atoms with E-state index in [0.717, 1.165) is 11.3 Å². The molecule has 3 rings (SSSR count). The summed E-state index contributed by atoms with van der Waals surface area (Å²) in [6, 6.07) is 10.8. The minimum Gasteiger partial charge on any atom is -0.497 e. The third-order valence-electron chi connectivity index (χ3n) is 2.95. The van der Waals surface area contributed by atoms with Gasteiger partial charge in [0.2, 0.25) is 5.13 Å². The molecule has 0 aliphatic carbocycles. The SMILES string of the molecule is COc1ccc(-c2nnc(NC(=O)c3ccc(C)o3)s2)cc1. The first-order valence-electron chi connectivity index (χ1n) is 6.51. The molecule has 6 nitrogen and oxygen atoms in total. The van der Waals surface area contributed by atoms with Crippen molar-refractivity contribution >= 4 is 22.4 Å². The van der Waals surface area contributed by atoms with E-state index in [1.54, 1.807) is 26.2 Å². The van der Waals surface area contributed by atoms with Crippen LogP contribution in [0.2, 0.25) is 0 Å². The lowest BCUT2D eigenvalue weighted by atomic mass is 10.2. The molecule has 0 unspecified atom stereocenters. The normalized spacial score (nSPS) is 10.5. The monoisotopic (exact) mass is 315 g/mol. The fourth-order valence-electron chi connectivity index (χ4n) is 1.84. The zero-order valence-corrected chi connectivity index (χ0v) is 12.8. The number of rotatable bonds is 4. The first-order chi connectivity index (χ1) is 10.7. The van der Waals surface area contributed by atoms with Crippen LogP contribution in [0.25, 0.3) is 10.6 Å². The highest BCUT2D eigenvalue weighted by atomic mass is 32.1. The van der Waals surface area contributed by atoms with Gasteiger partial charge in [-0.25, -0.2) is 0 Å². The van der Waals surface area contributed by atoms with Gasteiger partial charge >= 0.3 is 0 Å². The molecule has 0 atom stereocenters. The maximum atomic E-state index is 12.0. The highest BCUT2D eigenvalue weighted by Gasteiger charge is 2.14. The Morgan fingerprint density at radius 3 is 2.59 bits per heavy atom. The molecule has 0 fully saturated rings. The van der Waals surface area contributed by atoms with Crippen LogP contribution in [-0.4, -0.2) is 23.2 Å². The van der Waals surface area contributed by atoms with Crippen molar-refractivity contribution in [3.63, 3.8) is 0 Å². The number of aryl methyl sites for hydroxylation is 1. The average Bonchev–Trinajstić information content (AvgIpc) is 3.16. The topological polar surface area (TPSA) is 77.3 Å². The molecular weight excluding hydrogens is 302 g/mol. The number of carbonyl (C=O) groups excluding carboxylic acids is 1. The second-order valence-corrected chi connectivity index (χ2v) is 5.48. The number of methoxy groups -OCH3 is 1. The summed E-state index contributed by atoms with van der Waals surface area (Å²) in [6.45, 7) is 1.78. The lowest BCUT2D eigenvalue weighted by molar-refractivity contribution is 0.0995. The molecule has 22 heavy (non-hydrogen) atoms. The van der Waals surface area contributed by atoms with E-state index in [9.17, 15) is 4.79 Å². The van der Waals surface area contributed by atoms with Crippen molar-refractivity contribution in [2.75, 3.05) is 12.4 Å². The molecule has 0 saturated carbocycles. The molecule has 0 bridgehead atoms. The third kappa shape index (κ3) is 2.99. The van der Waals surface area contributed by atoms with Crippen LogP contribution in [0.4, 0.5) is 5.13 Å². The standard InChI is InChI=1S/C15H13N3O3S/c1-9-3-8-12(21-9)13(19)16-15-18-17-14(22-15)10-4-6-11(20-2)7-5-10/h3-8H,1-2H3,(H,16,18,19). The average molecular weight is 315 g/mol. The van der Waals surface area contributed by atoms with Crippen LogP contribution in [0, 0.1) is 6.92 Å². The lowest BCUT2D eigenvalue weighted by Gasteiger charge is -1.99. The van der Waals surface area contributed by atoms with Crippen LogP contribution in [0.3, 0.4) is 0 Å². The highest BCUT2D eigenvalue weighted by molar-refractivity contribution is 7.18. The Balaban J connectivity index is 1.74. The van der Waals surface area contributed by atoms with Gasteiger partial charge in [-0.05, 0) is 43.3 Å². The minimum absolute atomic E-state index is 0.249. The van der Waals surface area contributed by atoms with Gasteiger partial charge in [-0.1, -0.05) is 11.3 Å². The highest BCUT2D eigenvalue weighted by Crippen LogP contribution is 2.28. The fourth-order valence-corrected chi connectivity index (χ4v) is 2.58. The van der Waals surface area contributed by atoms with Gasteiger partial charge in [0, 0.05) is 5.56 Å². The van der Waals surface area contributed by atoms with E-state index in [1.807, 2.05) is 24.3 Å². The van der Waals surface area contributed by atoms with Crippen LogP contribution >= 0.6 is 11.3 Å². The molecule has 1 aromatic carbocycles. The Morgan fingerprint density at radius 2 is 1.95 bits per heavy atom. The fraction of sp³-hybridized carbons (Fsp3) is 0.133. The number of ether oxygens (including phenoxy) is 1. The molecule has 0 spiro atoms. The predicted molar refractivity (Wildman–Crippen MR) is 83.3 cm³/mol. The van der Waals surface area contributed by atoms with E-state index in [4.69, 9.17) is 9.15 Å². The van der Waals surface area contributed by atoms with Crippen molar-refractivity contribution < 1.29 is 13.9 Å². The van der Waals surface area contributed by atoms with Gasteiger partial charge in [0.15, 0.2) is 5.76 Å². The molecule has 1 N–H and O–H groups in total. The molecule has 0 saturated heterocycles. The maximum Gasteiger partial charge on any atom is 0.293 e. The molecule has 112 valence electrons. The molecular formula is C15H13N3O3S. The Bertz CT molecular complexity index is 792. The molecule has 2 aromatic heterocycles. The number of benzene rings is 1. The summed E-state index contributed by atoms with van der Waals surface area (Å²) in [5, 5.41) is 11.9. The molecule has 3 aromatic rings. The number of anilines is 1. The van der Waals surface area contributed by atoms with Gasteiger partial charge < -0.3 is 9.15 Å². The number of hydrogen-bond acceptors (Lipinski definition) is 6. The van der Waals surface area contributed by atoms with Gasteiger partial charge in [-0.2, -0.15) is 0 Å². The van der Waals surface area contributed by atoms with Crippen LogP contribution < -0.4 is 10.1 Å². The Hall–Kier alpha value is -2.67. The second-order valence-electron chi connectivity index (χ2n) is 4.51. The van der Waals surface area contributed by atoms with Gasteiger partial charge in [0.25, 0.3) is 5.91 Å². The van der Waals surface area contributed by atoms with Crippen LogP contribution in [-0.2, 0) is 0 Å². The molecule has 2 heterocycles. The number of nitrogens with one attached hydrogen (secondary N) is 1. The number of carbonyl (C=O) groups is 1. The van der Waals surface area contributed by atoms with Crippen molar-refractivity contribution in [1.29, 1.82) is 0 Å². The van der Waals surface area contributed by atoms with Crippen LogP contribution in [0.5, 0.6) is 5.75 Å². The quantitative estimate of drug-likeness (QED) is 0.798. The Morgan fingerprint density at radius 1 is 1.18 bits per heavy atom. The lowest BCUT2D eigenvalue weighted by Crippen LogP contribution is -2.10.